The second-order valence-corrected chi connectivity index (χ2v) is 3.60. The molecule has 0 unspecified atom stereocenters. The summed E-state index contributed by atoms with van der Waals surface area (Å²) in [5.41, 5.74) is 0.962. The quantitative estimate of drug-likeness (QED) is 0.769. The molecule has 0 aliphatic heterocycles. The summed E-state index contributed by atoms with van der Waals surface area (Å²) in [7, 11) is 0. The minimum atomic E-state index is -0.388. The van der Waals surface area contributed by atoms with Crippen LogP contribution in [0.3, 0.4) is 0 Å². The molecule has 1 aromatic carbocycles. The molecule has 4 nitrogen and oxygen atoms in total. The van der Waals surface area contributed by atoms with Crippen LogP contribution in [-0.4, -0.2) is 21.3 Å². The van der Waals surface area contributed by atoms with Gasteiger partial charge in [-0.05, 0) is 17.7 Å². The van der Waals surface area contributed by atoms with Crippen LogP contribution in [0.2, 0.25) is 5.02 Å². The highest BCUT2D eigenvalue weighted by Crippen LogP contribution is 2.17. The highest BCUT2D eigenvalue weighted by molar-refractivity contribution is 6.31. The smallest absolute Gasteiger partial charge is 0.171 e. The molecule has 1 aromatic heterocycles. The van der Waals surface area contributed by atoms with Gasteiger partial charge in [-0.15, -0.1) is 5.10 Å². The molecule has 16 heavy (non-hydrogen) atoms. The van der Waals surface area contributed by atoms with Crippen LogP contribution in [0.1, 0.15) is 16.1 Å². The van der Waals surface area contributed by atoms with Gasteiger partial charge in [0.15, 0.2) is 6.29 Å². The van der Waals surface area contributed by atoms with Crippen molar-refractivity contribution in [1.82, 2.24) is 15.0 Å². The summed E-state index contributed by atoms with van der Waals surface area (Å²) in [5.74, 6) is -0.388. The molecule has 2 rings (SSSR count). The van der Waals surface area contributed by atoms with E-state index in [9.17, 15) is 9.18 Å². The fraction of sp³-hybridized carbons (Fsp3) is 0.100. The van der Waals surface area contributed by atoms with Gasteiger partial charge < -0.3 is 0 Å². The van der Waals surface area contributed by atoms with Gasteiger partial charge in [-0.1, -0.05) is 22.9 Å². The maximum atomic E-state index is 12.8. The lowest BCUT2D eigenvalue weighted by molar-refractivity contribution is 0.111. The molecule has 0 aliphatic carbocycles. The van der Waals surface area contributed by atoms with Gasteiger partial charge in [-0.25, -0.2) is 9.07 Å². The number of carbonyl (C=O) groups excluding carboxylic acids is 1. The SMILES string of the molecule is O=Cc1cn(Cc2ccc(F)cc2Cl)nn1. The Morgan fingerprint density at radius 1 is 1.50 bits per heavy atom. The van der Waals surface area contributed by atoms with E-state index in [1.165, 1.54) is 23.0 Å². The van der Waals surface area contributed by atoms with Crippen molar-refractivity contribution in [3.63, 3.8) is 0 Å². The Hall–Kier alpha value is -1.75. The van der Waals surface area contributed by atoms with Crippen molar-refractivity contribution < 1.29 is 9.18 Å². The summed E-state index contributed by atoms with van der Waals surface area (Å²) < 4.78 is 14.2. The standard InChI is InChI=1S/C10H7ClFN3O/c11-10-3-8(12)2-1-7(10)4-15-5-9(6-16)13-14-15/h1-3,5-6H,4H2. The highest BCUT2D eigenvalue weighted by atomic mass is 35.5. The summed E-state index contributed by atoms with van der Waals surface area (Å²) in [6.07, 6.45) is 2.10. The third-order valence-corrected chi connectivity index (χ3v) is 2.38. The third-order valence-electron chi connectivity index (χ3n) is 2.02. The number of halogens is 2. The molecule has 0 fully saturated rings. The van der Waals surface area contributed by atoms with Gasteiger partial charge >= 0.3 is 0 Å². The average molecular weight is 240 g/mol. The van der Waals surface area contributed by atoms with Gasteiger partial charge in [0, 0.05) is 5.02 Å². The number of rotatable bonds is 3. The zero-order chi connectivity index (χ0) is 11.5. The van der Waals surface area contributed by atoms with Crippen molar-refractivity contribution >= 4 is 17.9 Å². The average Bonchev–Trinajstić information content (AvgIpc) is 2.70. The molecular formula is C10H7ClFN3O. The topological polar surface area (TPSA) is 47.8 Å². The molecule has 0 bridgehead atoms. The Kier molecular flexibility index (Phi) is 2.96. The molecule has 0 aliphatic rings. The first kappa shape index (κ1) is 10.8. The molecule has 0 spiro atoms. The maximum Gasteiger partial charge on any atom is 0.171 e. The van der Waals surface area contributed by atoms with Crippen LogP contribution in [-0.2, 0) is 6.54 Å². The van der Waals surface area contributed by atoms with Crippen LogP contribution in [0.4, 0.5) is 4.39 Å². The van der Waals surface area contributed by atoms with E-state index in [4.69, 9.17) is 11.6 Å². The molecule has 0 saturated heterocycles. The van der Waals surface area contributed by atoms with Crippen LogP contribution >= 0.6 is 11.6 Å². The largest absolute Gasteiger partial charge is 0.296 e. The second-order valence-electron chi connectivity index (χ2n) is 3.19. The van der Waals surface area contributed by atoms with Crippen molar-refractivity contribution in [1.29, 1.82) is 0 Å². The Labute approximate surface area is 95.6 Å². The Bertz CT molecular complexity index is 527. The number of aldehydes is 1. The first-order valence-electron chi connectivity index (χ1n) is 4.48. The number of hydrogen-bond donors (Lipinski definition) is 0. The van der Waals surface area contributed by atoms with E-state index in [-0.39, 0.29) is 11.5 Å². The molecule has 0 saturated carbocycles. The Balaban J connectivity index is 2.23. The number of nitrogens with zero attached hydrogens (tertiary/aromatic N) is 3. The maximum absolute atomic E-state index is 12.8. The number of benzene rings is 1. The van der Waals surface area contributed by atoms with Gasteiger partial charge in [0.1, 0.15) is 11.5 Å². The normalized spacial score (nSPS) is 10.4. The van der Waals surface area contributed by atoms with Gasteiger partial charge in [0.25, 0.3) is 0 Å². The predicted molar refractivity (Wildman–Crippen MR) is 55.9 cm³/mol. The van der Waals surface area contributed by atoms with Gasteiger partial charge in [-0.3, -0.25) is 4.79 Å². The van der Waals surface area contributed by atoms with Crippen molar-refractivity contribution in [3.05, 3.63) is 46.5 Å². The molecule has 0 N–H and O–H groups in total. The van der Waals surface area contributed by atoms with Crippen molar-refractivity contribution in [2.24, 2.45) is 0 Å². The number of aromatic nitrogens is 3. The zero-order valence-electron chi connectivity index (χ0n) is 8.10. The zero-order valence-corrected chi connectivity index (χ0v) is 8.86. The Morgan fingerprint density at radius 2 is 2.31 bits per heavy atom. The van der Waals surface area contributed by atoms with Crippen LogP contribution < -0.4 is 0 Å². The molecule has 0 amide bonds. The molecule has 82 valence electrons. The Morgan fingerprint density at radius 3 is 2.94 bits per heavy atom. The van der Waals surface area contributed by atoms with Crippen LogP contribution in [0.25, 0.3) is 0 Å². The highest BCUT2D eigenvalue weighted by Gasteiger charge is 2.05. The van der Waals surface area contributed by atoms with Crippen molar-refractivity contribution in [2.45, 2.75) is 6.54 Å². The number of hydrogen-bond acceptors (Lipinski definition) is 3. The molecule has 2 aromatic rings. The molecule has 0 atom stereocenters. The summed E-state index contributed by atoms with van der Waals surface area (Å²) in [4.78, 5) is 10.4. The van der Waals surface area contributed by atoms with E-state index >= 15 is 0 Å². The third kappa shape index (κ3) is 2.25. The van der Waals surface area contributed by atoms with Crippen LogP contribution in [0, 0.1) is 5.82 Å². The summed E-state index contributed by atoms with van der Waals surface area (Å²) in [5, 5.41) is 7.66. The lowest BCUT2D eigenvalue weighted by Gasteiger charge is -2.03. The van der Waals surface area contributed by atoms with Crippen molar-refractivity contribution in [2.75, 3.05) is 0 Å². The first-order valence-corrected chi connectivity index (χ1v) is 4.86. The van der Waals surface area contributed by atoms with Crippen LogP contribution in [0.15, 0.2) is 24.4 Å². The minimum Gasteiger partial charge on any atom is -0.296 e. The lowest BCUT2D eigenvalue weighted by atomic mass is 10.2. The van der Waals surface area contributed by atoms with E-state index < -0.39 is 0 Å². The van der Waals surface area contributed by atoms with Gasteiger partial charge in [-0.2, -0.15) is 0 Å². The fourth-order valence-electron chi connectivity index (χ4n) is 1.27. The molecule has 1 heterocycles. The molecular weight excluding hydrogens is 233 g/mol. The first-order chi connectivity index (χ1) is 7.69. The minimum absolute atomic E-state index is 0.248. The summed E-state index contributed by atoms with van der Waals surface area (Å²) in [6, 6.07) is 4.12. The molecule has 0 radical (unpaired) electrons. The fourth-order valence-corrected chi connectivity index (χ4v) is 1.50. The van der Waals surface area contributed by atoms with E-state index in [1.807, 2.05) is 0 Å². The monoisotopic (exact) mass is 239 g/mol. The summed E-state index contributed by atoms with van der Waals surface area (Å²) in [6.45, 7) is 0.347. The van der Waals surface area contributed by atoms with Crippen molar-refractivity contribution in [3.8, 4) is 0 Å². The van der Waals surface area contributed by atoms with E-state index in [0.717, 1.165) is 0 Å². The van der Waals surface area contributed by atoms with E-state index in [2.05, 4.69) is 10.3 Å². The van der Waals surface area contributed by atoms with Gasteiger partial charge in [0.05, 0.1) is 12.7 Å². The second kappa shape index (κ2) is 4.40. The van der Waals surface area contributed by atoms with Gasteiger partial charge in [0.2, 0.25) is 0 Å². The predicted octanol–water partition coefficient (Wildman–Crippen LogP) is 1.93. The van der Waals surface area contributed by atoms with E-state index in [1.54, 1.807) is 6.07 Å². The lowest BCUT2D eigenvalue weighted by Crippen LogP contribution is -2.01. The molecule has 6 heteroatoms. The number of carbonyl (C=O) groups is 1. The summed E-state index contributed by atoms with van der Waals surface area (Å²) >= 11 is 5.85. The van der Waals surface area contributed by atoms with E-state index in [0.29, 0.717) is 23.4 Å². The van der Waals surface area contributed by atoms with Crippen LogP contribution in [0.5, 0.6) is 0 Å².